The van der Waals surface area contributed by atoms with E-state index in [4.69, 9.17) is 15.2 Å². The first-order valence-corrected chi connectivity index (χ1v) is 14.9. The lowest BCUT2D eigenvalue weighted by molar-refractivity contribution is -0.0676. The lowest BCUT2D eigenvalue weighted by atomic mass is 9.47. The molecule has 3 nitrogen and oxygen atoms in total. The highest BCUT2D eigenvalue weighted by molar-refractivity contribution is 5.25. The Kier molecular flexibility index (Phi) is 8.90. The molecule has 0 saturated heterocycles. The van der Waals surface area contributed by atoms with Crippen molar-refractivity contribution in [1.29, 1.82) is 0 Å². The molecule has 8 unspecified atom stereocenters. The minimum Gasteiger partial charge on any atom is -0.378 e. The van der Waals surface area contributed by atoms with Crippen molar-refractivity contribution >= 4 is 0 Å². The summed E-state index contributed by atoms with van der Waals surface area (Å²) in [6.07, 6.45) is 18.3. The third kappa shape index (κ3) is 5.32. The quantitative estimate of drug-likeness (QED) is 0.251. The summed E-state index contributed by atoms with van der Waals surface area (Å²) >= 11 is 0. The van der Waals surface area contributed by atoms with Gasteiger partial charge < -0.3 is 15.2 Å². The van der Waals surface area contributed by atoms with E-state index < -0.39 is 0 Å². The van der Waals surface area contributed by atoms with Gasteiger partial charge in [-0.15, -0.1) is 0 Å². The monoisotopic (exact) mass is 473 g/mol. The van der Waals surface area contributed by atoms with Gasteiger partial charge >= 0.3 is 0 Å². The molecule has 0 bridgehead atoms. The van der Waals surface area contributed by atoms with Gasteiger partial charge in [0.1, 0.15) is 0 Å². The molecule has 8 atom stereocenters. The smallest absolute Gasteiger partial charge is 0.0704 e. The van der Waals surface area contributed by atoms with E-state index in [1.165, 1.54) is 64.2 Å². The van der Waals surface area contributed by atoms with Crippen molar-refractivity contribution < 1.29 is 9.47 Å². The highest BCUT2D eigenvalue weighted by atomic mass is 16.5. The van der Waals surface area contributed by atoms with Crippen LogP contribution in [0.15, 0.2) is 11.6 Å². The Morgan fingerprint density at radius 3 is 2.56 bits per heavy atom. The van der Waals surface area contributed by atoms with Crippen LogP contribution in [0.3, 0.4) is 0 Å². The Balaban J connectivity index is 1.37. The Morgan fingerprint density at radius 1 is 0.971 bits per heavy atom. The third-order valence-electron chi connectivity index (χ3n) is 11.1. The summed E-state index contributed by atoms with van der Waals surface area (Å²) in [4.78, 5) is 0. The van der Waals surface area contributed by atoms with Crippen LogP contribution in [0.25, 0.3) is 0 Å². The number of ether oxygens (including phenoxy) is 2. The molecule has 196 valence electrons. The van der Waals surface area contributed by atoms with E-state index in [1.807, 2.05) is 0 Å². The minimum absolute atomic E-state index is 0.383. The molecule has 3 saturated carbocycles. The van der Waals surface area contributed by atoms with Crippen LogP contribution in [-0.2, 0) is 9.47 Å². The Bertz CT molecular complexity index is 689. The SMILES string of the molecule is CC(C)CCCC(C)C1CCC2C3CC=C4CC(OCCOCCN)CCC4(C)C3CCC12C. The second kappa shape index (κ2) is 11.3. The first-order chi connectivity index (χ1) is 16.3. The van der Waals surface area contributed by atoms with Crippen molar-refractivity contribution in [2.45, 2.75) is 111 Å². The molecule has 3 fully saturated rings. The molecule has 0 aromatic carbocycles. The Hall–Kier alpha value is -0.380. The zero-order valence-electron chi connectivity index (χ0n) is 23.1. The Labute approximate surface area is 211 Å². The average molecular weight is 474 g/mol. The van der Waals surface area contributed by atoms with Gasteiger partial charge in [0.15, 0.2) is 0 Å². The van der Waals surface area contributed by atoms with Gasteiger partial charge in [-0.3, -0.25) is 0 Å². The maximum atomic E-state index is 6.23. The molecule has 4 aliphatic carbocycles. The minimum atomic E-state index is 0.383. The van der Waals surface area contributed by atoms with Gasteiger partial charge in [0, 0.05) is 6.54 Å². The fourth-order valence-electron chi connectivity index (χ4n) is 9.25. The summed E-state index contributed by atoms with van der Waals surface area (Å²) in [7, 11) is 0. The topological polar surface area (TPSA) is 44.5 Å². The summed E-state index contributed by atoms with van der Waals surface area (Å²) in [5.74, 6) is 5.47. The molecule has 3 heteroatoms. The van der Waals surface area contributed by atoms with Gasteiger partial charge in [0.2, 0.25) is 0 Å². The van der Waals surface area contributed by atoms with Crippen LogP contribution >= 0.6 is 0 Å². The van der Waals surface area contributed by atoms with Crippen LogP contribution in [0, 0.1) is 46.3 Å². The standard InChI is InChI=1S/C31H55NO2/c1-22(2)7-6-8-23(3)27-11-12-28-26-10-9-24-21-25(34-20-19-33-18-17-32)13-15-30(24,4)29(26)14-16-31(27,28)5/h9,22-23,25-29H,6-8,10-21,32H2,1-5H3. The Morgan fingerprint density at radius 2 is 1.79 bits per heavy atom. The second-order valence-corrected chi connectivity index (χ2v) is 13.4. The molecular formula is C31H55NO2. The predicted molar refractivity (Wildman–Crippen MR) is 143 cm³/mol. The average Bonchev–Trinajstić information content (AvgIpc) is 3.16. The maximum absolute atomic E-state index is 6.23. The number of rotatable bonds is 11. The predicted octanol–water partition coefficient (Wildman–Crippen LogP) is 7.39. The lowest BCUT2D eigenvalue weighted by Crippen LogP contribution is -2.51. The van der Waals surface area contributed by atoms with Gasteiger partial charge in [-0.25, -0.2) is 0 Å². The van der Waals surface area contributed by atoms with Gasteiger partial charge in [-0.2, -0.15) is 0 Å². The van der Waals surface area contributed by atoms with Crippen molar-refractivity contribution in [3.05, 3.63) is 11.6 Å². The third-order valence-corrected chi connectivity index (χ3v) is 11.1. The molecule has 2 N–H and O–H groups in total. The first kappa shape index (κ1) is 26.7. The van der Waals surface area contributed by atoms with E-state index in [-0.39, 0.29) is 0 Å². The van der Waals surface area contributed by atoms with Gasteiger partial charge in [-0.1, -0.05) is 65.5 Å². The van der Waals surface area contributed by atoms with Crippen LogP contribution in [0.5, 0.6) is 0 Å². The second-order valence-electron chi connectivity index (χ2n) is 13.4. The molecule has 0 radical (unpaired) electrons. The number of nitrogens with two attached hydrogens (primary N) is 1. The fraction of sp³-hybridized carbons (Fsp3) is 0.935. The molecule has 0 heterocycles. The van der Waals surface area contributed by atoms with E-state index in [2.05, 4.69) is 40.7 Å². The highest BCUT2D eigenvalue weighted by Crippen LogP contribution is 2.67. The molecule has 4 rings (SSSR count). The molecule has 0 aromatic heterocycles. The summed E-state index contributed by atoms with van der Waals surface area (Å²) in [5.41, 5.74) is 8.25. The zero-order valence-corrected chi connectivity index (χ0v) is 23.1. The molecule has 34 heavy (non-hydrogen) atoms. The molecule has 0 amide bonds. The van der Waals surface area contributed by atoms with Crippen LogP contribution in [-0.4, -0.2) is 32.5 Å². The van der Waals surface area contributed by atoms with E-state index in [0.29, 0.717) is 43.3 Å². The van der Waals surface area contributed by atoms with E-state index in [9.17, 15) is 0 Å². The highest BCUT2D eigenvalue weighted by Gasteiger charge is 2.59. The molecule has 0 aliphatic heterocycles. The van der Waals surface area contributed by atoms with E-state index in [0.717, 1.165) is 41.9 Å². The lowest BCUT2D eigenvalue weighted by Gasteiger charge is -2.58. The summed E-state index contributed by atoms with van der Waals surface area (Å²) in [5, 5.41) is 0. The zero-order chi connectivity index (χ0) is 24.3. The summed E-state index contributed by atoms with van der Waals surface area (Å²) in [6.45, 7) is 15.3. The normalized spacial score (nSPS) is 40.4. The van der Waals surface area contributed by atoms with Crippen molar-refractivity contribution in [3.8, 4) is 0 Å². The number of hydrogen-bond donors (Lipinski definition) is 1. The summed E-state index contributed by atoms with van der Waals surface area (Å²) in [6, 6.07) is 0. The molecule has 0 spiro atoms. The largest absolute Gasteiger partial charge is 0.378 e. The molecule has 0 aromatic rings. The maximum Gasteiger partial charge on any atom is 0.0704 e. The summed E-state index contributed by atoms with van der Waals surface area (Å²) < 4.78 is 11.7. The molecular weight excluding hydrogens is 418 g/mol. The van der Waals surface area contributed by atoms with Gasteiger partial charge in [0.05, 0.1) is 25.9 Å². The van der Waals surface area contributed by atoms with Crippen molar-refractivity contribution in [2.75, 3.05) is 26.4 Å². The van der Waals surface area contributed by atoms with Crippen LogP contribution in [0.1, 0.15) is 105 Å². The van der Waals surface area contributed by atoms with Crippen molar-refractivity contribution in [1.82, 2.24) is 0 Å². The fourth-order valence-corrected chi connectivity index (χ4v) is 9.25. The van der Waals surface area contributed by atoms with Gasteiger partial charge in [-0.05, 0) is 97.7 Å². The number of hydrogen-bond acceptors (Lipinski definition) is 3. The van der Waals surface area contributed by atoms with Gasteiger partial charge in [0.25, 0.3) is 0 Å². The van der Waals surface area contributed by atoms with E-state index >= 15 is 0 Å². The van der Waals surface area contributed by atoms with Crippen LogP contribution in [0.4, 0.5) is 0 Å². The van der Waals surface area contributed by atoms with Crippen LogP contribution < -0.4 is 5.73 Å². The van der Waals surface area contributed by atoms with Crippen LogP contribution in [0.2, 0.25) is 0 Å². The first-order valence-electron chi connectivity index (χ1n) is 14.9. The van der Waals surface area contributed by atoms with E-state index in [1.54, 1.807) is 5.57 Å². The van der Waals surface area contributed by atoms with Crippen molar-refractivity contribution in [3.63, 3.8) is 0 Å². The number of allylic oxidation sites excluding steroid dienone is 1. The molecule has 4 aliphatic rings. The van der Waals surface area contributed by atoms with Crippen molar-refractivity contribution in [2.24, 2.45) is 52.1 Å². The number of fused-ring (bicyclic) bond motifs is 5.